The number of nitrogens with zero attached hydrogens (tertiary/aromatic N) is 3. The highest BCUT2D eigenvalue weighted by molar-refractivity contribution is 5.57. The van der Waals surface area contributed by atoms with Gasteiger partial charge in [0.1, 0.15) is 12.4 Å². The number of carbonyl (C=O) groups is 1. The van der Waals surface area contributed by atoms with Gasteiger partial charge in [0.05, 0.1) is 12.7 Å². The third-order valence-electron chi connectivity index (χ3n) is 6.91. The average Bonchev–Trinajstić information content (AvgIpc) is 3.02. The molecule has 1 unspecified atom stereocenters. The standard InChI is InChI=1S/C27H37F3N6O2/c1-26(2)14-18(15-27(3,4)35-26)32-24-22(30)16-31-25(34-24)33-17-12-20(28)23(21(29)13-17)38-19-6-5-8-36(9-7-19)10-11-37/h11-13,16,18-19,35H,5-10,14-15H2,1-4H3,(H2,31,32,33,34). The second-order valence-corrected chi connectivity index (χ2v) is 11.6. The maximum atomic E-state index is 14.9. The van der Waals surface area contributed by atoms with Crippen molar-refractivity contribution in [3.05, 3.63) is 35.8 Å². The van der Waals surface area contributed by atoms with Crippen LogP contribution in [0.25, 0.3) is 0 Å². The molecule has 2 aliphatic rings. The first kappa shape index (κ1) is 28.1. The number of likely N-dealkylation sites (tertiary alicyclic amines) is 1. The molecule has 2 fully saturated rings. The van der Waals surface area contributed by atoms with Gasteiger partial charge < -0.3 is 25.5 Å². The Hall–Kier alpha value is -2.92. The van der Waals surface area contributed by atoms with E-state index in [1.807, 2.05) is 4.90 Å². The molecule has 2 aliphatic heterocycles. The number of anilines is 3. The highest BCUT2D eigenvalue weighted by atomic mass is 19.1. The molecule has 0 aliphatic carbocycles. The molecule has 0 bridgehead atoms. The van der Waals surface area contributed by atoms with E-state index in [2.05, 4.69) is 53.6 Å². The molecule has 1 aromatic carbocycles. The fourth-order valence-corrected chi connectivity index (χ4v) is 5.72. The molecule has 2 aromatic rings. The molecule has 0 saturated carbocycles. The predicted molar refractivity (Wildman–Crippen MR) is 140 cm³/mol. The van der Waals surface area contributed by atoms with Gasteiger partial charge in [0, 0.05) is 41.5 Å². The Balaban J connectivity index is 1.44. The van der Waals surface area contributed by atoms with Crippen LogP contribution in [0.2, 0.25) is 0 Å². The monoisotopic (exact) mass is 534 g/mol. The quantitative estimate of drug-likeness (QED) is 0.417. The van der Waals surface area contributed by atoms with Crippen LogP contribution in [0.5, 0.6) is 5.75 Å². The summed E-state index contributed by atoms with van der Waals surface area (Å²) in [6.07, 6.45) is 5.02. The van der Waals surface area contributed by atoms with Gasteiger partial charge in [0.25, 0.3) is 0 Å². The number of nitrogens with one attached hydrogen (secondary N) is 3. The zero-order chi connectivity index (χ0) is 27.5. The van der Waals surface area contributed by atoms with E-state index in [4.69, 9.17) is 4.74 Å². The van der Waals surface area contributed by atoms with E-state index in [1.54, 1.807) is 0 Å². The van der Waals surface area contributed by atoms with E-state index in [0.717, 1.165) is 50.4 Å². The molecule has 208 valence electrons. The van der Waals surface area contributed by atoms with Crippen molar-refractivity contribution < 1.29 is 22.7 Å². The topological polar surface area (TPSA) is 91.4 Å². The second kappa shape index (κ2) is 11.4. The Morgan fingerprint density at radius 3 is 2.42 bits per heavy atom. The minimum absolute atomic E-state index is 0.00728. The minimum Gasteiger partial charge on any atom is -0.484 e. The zero-order valence-corrected chi connectivity index (χ0v) is 22.4. The Kier molecular flexibility index (Phi) is 8.46. The molecule has 0 radical (unpaired) electrons. The molecule has 3 N–H and O–H groups in total. The van der Waals surface area contributed by atoms with Crippen molar-refractivity contribution in [1.29, 1.82) is 0 Å². The molecule has 38 heavy (non-hydrogen) atoms. The lowest BCUT2D eigenvalue weighted by Crippen LogP contribution is -2.60. The summed E-state index contributed by atoms with van der Waals surface area (Å²) in [4.78, 5) is 20.9. The van der Waals surface area contributed by atoms with Crippen molar-refractivity contribution in [2.45, 2.75) is 83.0 Å². The van der Waals surface area contributed by atoms with E-state index < -0.39 is 23.2 Å². The maximum Gasteiger partial charge on any atom is 0.229 e. The largest absolute Gasteiger partial charge is 0.484 e. The summed E-state index contributed by atoms with van der Waals surface area (Å²) in [5, 5.41) is 9.53. The van der Waals surface area contributed by atoms with Crippen LogP contribution in [0.1, 0.15) is 59.8 Å². The van der Waals surface area contributed by atoms with Gasteiger partial charge in [-0.3, -0.25) is 4.90 Å². The van der Waals surface area contributed by atoms with Gasteiger partial charge in [-0.1, -0.05) is 0 Å². The molecule has 0 spiro atoms. The fourth-order valence-electron chi connectivity index (χ4n) is 5.72. The van der Waals surface area contributed by atoms with E-state index in [-0.39, 0.29) is 40.7 Å². The van der Waals surface area contributed by atoms with Crippen LogP contribution in [0, 0.1) is 17.5 Å². The number of hydrogen-bond donors (Lipinski definition) is 3. The highest BCUT2D eigenvalue weighted by Crippen LogP contribution is 2.32. The molecular weight excluding hydrogens is 497 g/mol. The van der Waals surface area contributed by atoms with Crippen molar-refractivity contribution in [3.63, 3.8) is 0 Å². The van der Waals surface area contributed by atoms with E-state index in [9.17, 15) is 18.0 Å². The molecule has 8 nitrogen and oxygen atoms in total. The minimum atomic E-state index is -0.860. The fraction of sp³-hybridized carbons (Fsp3) is 0.593. The van der Waals surface area contributed by atoms with Gasteiger partial charge in [0.2, 0.25) is 5.95 Å². The summed E-state index contributed by atoms with van der Waals surface area (Å²) in [5.41, 5.74) is -0.213. The molecule has 11 heteroatoms. The van der Waals surface area contributed by atoms with Gasteiger partial charge in [-0.15, -0.1) is 0 Å². The lowest BCUT2D eigenvalue weighted by molar-refractivity contribution is -0.108. The summed E-state index contributed by atoms with van der Waals surface area (Å²) in [6.45, 7) is 10.1. The normalized spacial score (nSPS) is 21.9. The van der Waals surface area contributed by atoms with Gasteiger partial charge >= 0.3 is 0 Å². The average molecular weight is 535 g/mol. The lowest BCUT2D eigenvalue weighted by Gasteiger charge is -2.46. The lowest BCUT2D eigenvalue weighted by atomic mass is 9.79. The first-order chi connectivity index (χ1) is 17.9. The third-order valence-corrected chi connectivity index (χ3v) is 6.91. The summed E-state index contributed by atoms with van der Waals surface area (Å²) in [7, 11) is 0. The number of aromatic nitrogens is 2. The van der Waals surface area contributed by atoms with Crippen LogP contribution in [0.4, 0.5) is 30.6 Å². The summed E-state index contributed by atoms with van der Waals surface area (Å²) < 4.78 is 50.0. The number of rotatable bonds is 8. The van der Waals surface area contributed by atoms with E-state index >= 15 is 0 Å². The zero-order valence-electron chi connectivity index (χ0n) is 22.4. The smallest absolute Gasteiger partial charge is 0.229 e. The molecule has 1 aromatic heterocycles. The number of halogens is 3. The number of benzene rings is 1. The van der Waals surface area contributed by atoms with Crippen LogP contribution < -0.4 is 20.7 Å². The van der Waals surface area contributed by atoms with Crippen molar-refractivity contribution >= 4 is 23.7 Å². The van der Waals surface area contributed by atoms with Crippen molar-refractivity contribution in [3.8, 4) is 5.75 Å². The number of hydrogen-bond acceptors (Lipinski definition) is 8. The van der Waals surface area contributed by atoms with Crippen LogP contribution >= 0.6 is 0 Å². The summed E-state index contributed by atoms with van der Waals surface area (Å²) in [5.74, 6) is -2.74. The Morgan fingerprint density at radius 1 is 1.08 bits per heavy atom. The van der Waals surface area contributed by atoms with Crippen LogP contribution in [0.15, 0.2) is 18.3 Å². The second-order valence-electron chi connectivity index (χ2n) is 11.6. The van der Waals surface area contributed by atoms with Crippen molar-refractivity contribution in [1.82, 2.24) is 20.2 Å². The predicted octanol–water partition coefficient (Wildman–Crippen LogP) is 4.79. The highest BCUT2D eigenvalue weighted by Gasteiger charge is 2.38. The van der Waals surface area contributed by atoms with Gasteiger partial charge in [0.15, 0.2) is 29.0 Å². The Labute approximate surface area is 221 Å². The number of carbonyl (C=O) groups excluding carboxylic acids is 1. The summed E-state index contributed by atoms with van der Waals surface area (Å²) >= 11 is 0. The number of piperidine rings is 1. The van der Waals surface area contributed by atoms with Crippen LogP contribution in [0.3, 0.4) is 0 Å². The summed E-state index contributed by atoms with van der Waals surface area (Å²) in [6, 6.07) is 2.18. The third kappa shape index (κ3) is 7.35. The first-order valence-corrected chi connectivity index (χ1v) is 13.1. The Morgan fingerprint density at radius 2 is 1.76 bits per heavy atom. The van der Waals surface area contributed by atoms with Crippen LogP contribution in [-0.2, 0) is 4.79 Å². The maximum absolute atomic E-state index is 14.9. The van der Waals surface area contributed by atoms with Gasteiger partial charge in [-0.05, 0) is 66.3 Å². The van der Waals surface area contributed by atoms with E-state index in [0.29, 0.717) is 25.9 Å². The van der Waals surface area contributed by atoms with Crippen molar-refractivity contribution in [2.24, 2.45) is 0 Å². The molecule has 4 rings (SSSR count). The number of aldehydes is 1. The molecular formula is C27H37F3N6O2. The SMILES string of the molecule is CC1(C)CC(Nc2nc(Nc3cc(F)c(OC4CCCN(CC=O)CC4)c(F)c3)ncc2F)CC(C)(C)N1. The molecule has 1 atom stereocenters. The van der Waals surface area contributed by atoms with E-state index in [1.165, 1.54) is 0 Å². The molecule has 2 saturated heterocycles. The number of ether oxygens (including phenoxy) is 1. The molecule has 3 heterocycles. The van der Waals surface area contributed by atoms with Crippen LogP contribution in [-0.4, -0.2) is 64.0 Å². The molecule has 0 amide bonds. The van der Waals surface area contributed by atoms with Gasteiger partial charge in [-0.2, -0.15) is 4.98 Å². The van der Waals surface area contributed by atoms with Crippen molar-refractivity contribution in [2.75, 3.05) is 30.3 Å². The Bertz CT molecular complexity index is 1110. The van der Waals surface area contributed by atoms with Gasteiger partial charge in [-0.25, -0.2) is 18.2 Å². The first-order valence-electron chi connectivity index (χ1n) is 13.1.